The highest BCUT2D eigenvalue weighted by molar-refractivity contribution is 8.46. The molecule has 0 aliphatic rings. The fraction of sp³-hybridized carbons (Fsp3) is 1.00. The van der Waals surface area contributed by atoms with Crippen molar-refractivity contribution in [2.45, 2.75) is 0 Å². The molecule has 0 saturated heterocycles. The minimum absolute atomic E-state index is 0.0644. The molecule has 0 atom stereocenters. The largest absolute Gasteiger partial charge is 0.262 e. The molecule has 0 N–H and O–H groups in total. The van der Waals surface area contributed by atoms with Crippen molar-refractivity contribution in [2.75, 3.05) is 5.21 Å². The Morgan fingerprint density at radius 1 is 2.00 bits per heavy atom. The van der Waals surface area contributed by atoms with Gasteiger partial charge in [-0.1, -0.05) is 0 Å². The Hall–Kier alpha value is 0.740. The van der Waals surface area contributed by atoms with Gasteiger partial charge in [-0.15, -0.1) is 11.6 Å². The van der Waals surface area contributed by atoms with Gasteiger partial charge in [0.1, 0.15) is 0 Å². The summed E-state index contributed by atoms with van der Waals surface area (Å²) < 4.78 is 9.38. The van der Waals surface area contributed by atoms with Crippen LogP contribution in [0, 0.1) is 0 Å². The van der Waals surface area contributed by atoms with E-state index >= 15 is 0 Å². The van der Waals surface area contributed by atoms with Crippen LogP contribution in [0.4, 0.5) is 0 Å². The first-order valence-corrected chi connectivity index (χ1v) is 3.86. The second-order valence-electron chi connectivity index (χ2n) is 0.313. The maximum atomic E-state index is 9.38. The van der Waals surface area contributed by atoms with Crippen molar-refractivity contribution in [1.82, 2.24) is 0 Å². The fourth-order valence-electron chi connectivity index (χ4n) is 0.0199. The second kappa shape index (κ2) is 4.74. The van der Waals surface area contributed by atoms with E-state index in [9.17, 15) is 4.57 Å². The topological polar surface area (TPSA) is 17.1 Å². The average molecular weight is 129 g/mol. The number of hydrogen-bond donors (Lipinski definition) is 0. The molecule has 0 rings (SSSR count). The van der Waals surface area contributed by atoms with Crippen LogP contribution in [0.15, 0.2) is 0 Å². The maximum absolute atomic E-state index is 9.38. The van der Waals surface area contributed by atoms with Crippen molar-refractivity contribution in [3.63, 3.8) is 0 Å². The monoisotopic (exact) mass is 128 g/mol. The zero-order chi connectivity index (χ0) is 4.12. The van der Waals surface area contributed by atoms with E-state index in [1.807, 2.05) is 0 Å². The lowest BCUT2D eigenvalue weighted by Gasteiger charge is -1.64. The summed E-state index contributed by atoms with van der Waals surface area (Å²) in [7, 11) is 0.0644. The molecule has 0 aromatic heterocycles. The Balaban J connectivity index is 2.40. The van der Waals surface area contributed by atoms with Crippen LogP contribution in [0.5, 0.6) is 0 Å². The van der Waals surface area contributed by atoms with E-state index in [0.717, 1.165) is 11.4 Å². The van der Waals surface area contributed by atoms with Crippen molar-refractivity contribution >= 4 is 30.6 Å². The van der Waals surface area contributed by atoms with E-state index in [1.165, 1.54) is 0 Å². The normalized spacial score (nSPS) is 9.00. The third-order valence-corrected chi connectivity index (χ3v) is 1.79. The first-order chi connectivity index (χ1) is 2.41. The van der Waals surface area contributed by atoms with E-state index in [4.69, 9.17) is 11.6 Å². The number of hydrogen-bond acceptors (Lipinski definition) is 2. The molecule has 0 aliphatic carbocycles. The fourth-order valence-corrected chi connectivity index (χ4v) is 0.538. The van der Waals surface area contributed by atoms with Gasteiger partial charge in [0.2, 0.25) is 7.66 Å². The average Bonchev–Trinajstić information content (AvgIpc) is 1.41. The lowest BCUT2D eigenvalue weighted by molar-refractivity contribution is 0.605. The third-order valence-electron chi connectivity index (χ3n) is 0.101. The van der Waals surface area contributed by atoms with Crippen LogP contribution in [-0.2, 0) is 4.57 Å². The highest BCUT2D eigenvalue weighted by Gasteiger charge is 1.71. The van der Waals surface area contributed by atoms with Gasteiger partial charge in [-0.3, -0.25) is 4.57 Å². The molecule has 0 heterocycles. The Labute approximate surface area is 41.0 Å². The van der Waals surface area contributed by atoms with Gasteiger partial charge in [-0.2, -0.15) is 0 Å². The molecule has 0 fully saturated rings. The Bertz CT molecular complexity index is 32.8. The van der Waals surface area contributed by atoms with E-state index in [0.29, 0.717) is 5.21 Å². The van der Waals surface area contributed by atoms with Gasteiger partial charge >= 0.3 is 0 Å². The lowest BCUT2D eigenvalue weighted by atomic mass is 11.9. The molecule has 5 heavy (non-hydrogen) atoms. The van der Waals surface area contributed by atoms with Crippen LogP contribution < -0.4 is 0 Å². The minimum Gasteiger partial charge on any atom is -0.262 e. The van der Waals surface area contributed by atoms with Gasteiger partial charge in [0.25, 0.3) is 0 Å². The summed E-state index contributed by atoms with van der Waals surface area (Å²) in [5.74, 6) is 0. The Morgan fingerprint density at radius 3 is 2.60 bits per heavy atom. The molecule has 0 amide bonds. The van der Waals surface area contributed by atoms with Crippen molar-refractivity contribution in [2.24, 2.45) is 0 Å². The first kappa shape index (κ1) is 5.74. The van der Waals surface area contributed by atoms with Crippen molar-refractivity contribution in [3.8, 4) is 0 Å². The molecule has 0 aromatic rings. The summed E-state index contributed by atoms with van der Waals surface area (Å²) in [6, 6.07) is 0. The molecule has 0 spiro atoms. The summed E-state index contributed by atoms with van der Waals surface area (Å²) in [5.41, 5.74) is 0. The molecule has 0 bridgehead atoms. The summed E-state index contributed by atoms with van der Waals surface area (Å²) in [6.07, 6.45) is 0. The highest BCUT2D eigenvalue weighted by atomic mass is 35.5. The molecule has 30 valence electrons. The quantitative estimate of drug-likeness (QED) is 0.419. The van der Waals surface area contributed by atoms with E-state index in [1.54, 1.807) is 0 Å². The van der Waals surface area contributed by atoms with Crippen molar-refractivity contribution in [3.05, 3.63) is 0 Å². The van der Waals surface area contributed by atoms with Gasteiger partial charge in [0, 0.05) is 0 Å². The zero-order valence-electron chi connectivity index (χ0n) is 2.35. The SMILES string of the molecule is O=PSCCl. The second-order valence-corrected chi connectivity index (χ2v) is 2.81. The predicted molar refractivity (Wildman–Crippen MR) is 25.9 cm³/mol. The molecule has 0 aliphatic heterocycles. The molecule has 0 saturated carbocycles. The van der Waals surface area contributed by atoms with Crippen LogP contribution >= 0.6 is 30.6 Å². The Morgan fingerprint density at radius 2 is 2.60 bits per heavy atom. The Kier molecular flexibility index (Phi) is 5.44. The number of alkyl halides is 1. The summed E-state index contributed by atoms with van der Waals surface area (Å²) >= 11 is 6.20. The van der Waals surface area contributed by atoms with Crippen LogP contribution in [0.3, 0.4) is 0 Å². The molecular weight excluding hydrogens is 127 g/mol. The molecule has 0 aromatic carbocycles. The number of halogens is 1. The van der Waals surface area contributed by atoms with Crippen LogP contribution in [-0.4, -0.2) is 5.21 Å². The molecule has 1 nitrogen and oxygen atoms in total. The van der Waals surface area contributed by atoms with Crippen LogP contribution in [0.2, 0.25) is 0 Å². The first-order valence-electron chi connectivity index (χ1n) is 0.921. The minimum atomic E-state index is 0.0644. The van der Waals surface area contributed by atoms with Gasteiger partial charge in [0.15, 0.2) is 0 Å². The third kappa shape index (κ3) is 4.74. The summed E-state index contributed by atoms with van der Waals surface area (Å²) in [5, 5.41) is 0.408. The van der Waals surface area contributed by atoms with Gasteiger partial charge in [-0.25, -0.2) is 0 Å². The van der Waals surface area contributed by atoms with E-state index < -0.39 is 0 Å². The van der Waals surface area contributed by atoms with Crippen LogP contribution in [0.1, 0.15) is 0 Å². The van der Waals surface area contributed by atoms with Crippen molar-refractivity contribution < 1.29 is 4.57 Å². The smallest absolute Gasteiger partial charge is 0.228 e. The lowest BCUT2D eigenvalue weighted by Crippen LogP contribution is -1.37. The van der Waals surface area contributed by atoms with Gasteiger partial charge in [0.05, 0.1) is 5.21 Å². The zero-order valence-corrected chi connectivity index (χ0v) is 4.82. The molecule has 0 unspecified atom stereocenters. The van der Waals surface area contributed by atoms with Crippen LogP contribution in [0.25, 0.3) is 0 Å². The summed E-state index contributed by atoms with van der Waals surface area (Å²) in [4.78, 5) is 0. The van der Waals surface area contributed by atoms with E-state index in [-0.39, 0.29) is 7.66 Å². The van der Waals surface area contributed by atoms with E-state index in [2.05, 4.69) is 0 Å². The summed E-state index contributed by atoms with van der Waals surface area (Å²) in [6.45, 7) is 0. The number of rotatable bonds is 2. The predicted octanol–water partition coefficient (Wildman–Crippen LogP) is 2.12. The highest BCUT2D eigenvalue weighted by Crippen LogP contribution is 2.17. The van der Waals surface area contributed by atoms with Gasteiger partial charge < -0.3 is 0 Å². The molecule has 0 radical (unpaired) electrons. The van der Waals surface area contributed by atoms with Crippen molar-refractivity contribution in [1.29, 1.82) is 0 Å². The molecule has 4 heteroatoms. The standard InChI is InChI=1S/CH2ClOPS/c2-1-5-4-3/h1H2. The maximum Gasteiger partial charge on any atom is 0.228 e. The van der Waals surface area contributed by atoms with Gasteiger partial charge in [-0.05, 0) is 11.4 Å². The molecular formula is CH2ClOPS.